The molecular weight excluding hydrogens is 278 g/mol. The van der Waals surface area contributed by atoms with E-state index in [0.29, 0.717) is 13.1 Å². The molecule has 2 N–H and O–H groups in total. The van der Waals surface area contributed by atoms with Crippen LogP contribution in [0.2, 0.25) is 0 Å². The Morgan fingerprint density at radius 3 is 2.35 bits per heavy atom. The molecule has 0 bridgehead atoms. The summed E-state index contributed by atoms with van der Waals surface area (Å²) in [6, 6.07) is 0.126. The normalized spacial score (nSPS) is 23.6. The number of sulfonamides is 1. The molecule has 0 atom stereocenters. The summed E-state index contributed by atoms with van der Waals surface area (Å²) in [6.07, 6.45) is 3.23. The van der Waals surface area contributed by atoms with Crippen LogP contribution in [0.5, 0.6) is 0 Å². The lowest BCUT2D eigenvalue weighted by atomic mass is 9.96. The van der Waals surface area contributed by atoms with Crippen LogP contribution in [0.25, 0.3) is 0 Å². The molecule has 2 heterocycles. The molecule has 0 aromatic carbocycles. The van der Waals surface area contributed by atoms with Gasteiger partial charge in [-0.1, -0.05) is 0 Å². The van der Waals surface area contributed by atoms with Crippen LogP contribution in [0.4, 0.5) is 0 Å². The molecular formula is C13H25N3O3S. The van der Waals surface area contributed by atoms with Gasteiger partial charge in [-0.05, 0) is 45.7 Å². The van der Waals surface area contributed by atoms with Gasteiger partial charge in [0.05, 0.1) is 5.75 Å². The van der Waals surface area contributed by atoms with E-state index < -0.39 is 10.0 Å². The SMILES string of the molecule is CCS(=O)(=O)N1CCC(NC(=O)C2CCNCC2)CC1. The first kappa shape index (κ1) is 15.7. The molecule has 6 nitrogen and oxygen atoms in total. The zero-order valence-corrected chi connectivity index (χ0v) is 12.9. The summed E-state index contributed by atoms with van der Waals surface area (Å²) in [5, 5.41) is 6.34. The van der Waals surface area contributed by atoms with E-state index in [1.807, 2.05) is 0 Å². The summed E-state index contributed by atoms with van der Waals surface area (Å²) in [4.78, 5) is 12.1. The van der Waals surface area contributed by atoms with E-state index in [9.17, 15) is 13.2 Å². The second kappa shape index (κ2) is 6.87. The standard InChI is InChI=1S/C13H25N3O3S/c1-2-20(18,19)16-9-5-12(6-10-16)15-13(17)11-3-7-14-8-4-11/h11-12,14H,2-10H2,1H3,(H,15,17). The highest BCUT2D eigenvalue weighted by atomic mass is 32.2. The summed E-state index contributed by atoms with van der Waals surface area (Å²) < 4.78 is 25.1. The Bertz CT molecular complexity index is 424. The van der Waals surface area contributed by atoms with Crippen LogP contribution in [0.15, 0.2) is 0 Å². The van der Waals surface area contributed by atoms with Crippen LogP contribution in [-0.4, -0.2) is 56.6 Å². The Labute approximate surface area is 121 Å². The molecule has 0 aliphatic carbocycles. The molecule has 0 spiro atoms. The van der Waals surface area contributed by atoms with Crippen molar-refractivity contribution in [3.05, 3.63) is 0 Å². The number of carbonyl (C=O) groups excluding carboxylic acids is 1. The van der Waals surface area contributed by atoms with Crippen LogP contribution in [0.1, 0.15) is 32.6 Å². The van der Waals surface area contributed by atoms with Crippen LogP contribution >= 0.6 is 0 Å². The highest BCUT2D eigenvalue weighted by Crippen LogP contribution is 2.17. The predicted octanol–water partition coefficient (Wildman–Crippen LogP) is -0.0837. The van der Waals surface area contributed by atoms with Gasteiger partial charge in [-0.25, -0.2) is 12.7 Å². The number of hydrogen-bond donors (Lipinski definition) is 2. The lowest BCUT2D eigenvalue weighted by Gasteiger charge is -2.32. The Hall–Kier alpha value is -0.660. The Kier molecular flexibility index (Phi) is 5.40. The molecule has 7 heteroatoms. The summed E-state index contributed by atoms with van der Waals surface area (Å²) >= 11 is 0. The molecule has 2 aliphatic rings. The van der Waals surface area contributed by atoms with Crippen molar-refractivity contribution in [2.75, 3.05) is 31.9 Å². The first-order chi connectivity index (χ1) is 9.53. The first-order valence-corrected chi connectivity index (χ1v) is 9.12. The topological polar surface area (TPSA) is 78.5 Å². The molecule has 20 heavy (non-hydrogen) atoms. The summed E-state index contributed by atoms with van der Waals surface area (Å²) in [7, 11) is -3.08. The maximum atomic E-state index is 12.1. The average Bonchev–Trinajstić information content (AvgIpc) is 2.48. The minimum Gasteiger partial charge on any atom is -0.353 e. The van der Waals surface area contributed by atoms with E-state index in [2.05, 4.69) is 10.6 Å². The van der Waals surface area contributed by atoms with Gasteiger partial charge in [0.25, 0.3) is 0 Å². The van der Waals surface area contributed by atoms with E-state index in [1.165, 1.54) is 0 Å². The third kappa shape index (κ3) is 3.93. The minimum absolute atomic E-state index is 0.119. The molecule has 2 fully saturated rings. The number of nitrogens with one attached hydrogen (secondary N) is 2. The maximum Gasteiger partial charge on any atom is 0.223 e. The molecule has 2 rings (SSSR count). The number of piperidine rings is 2. The third-order valence-corrected chi connectivity index (χ3v) is 6.15. The van der Waals surface area contributed by atoms with Gasteiger partial charge in [0.15, 0.2) is 0 Å². The predicted molar refractivity (Wildman–Crippen MR) is 77.8 cm³/mol. The smallest absolute Gasteiger partial charge is 0.223 e. The Morgan fingerprint density at radius 2 is 1.80 bits per heavy atom. The van der Waals surface area contributed by atoms with Gasteiger partial charge in [-0.3, -0.25) is 4.79 Å². The second-order valence-electron chi connectivity index (χ2n) is 5.61. The van der Waals surface area contributed by atoms with E-state index in [1.54, 1.807) is 11.2 Å². The van der Waals surface area contributed by atoms with Crippen LogP contribution in [0.3, 0.4) is 0 Å². The van der Waals surface area contributed by atoms with Crippen molar-refractivity contribution < 1.29 is 13.2 Å². The van der Waals surface area contributed by atoms with E-state index >= 15 is 0 Å². The Balaban J connectivity index is 1.78. The number of amides is 1. The molecule has 2 saturated heterocycles. The van der Waals surface area contributed by atoms with Gasteiger partial charge < -0.3 is 10.6 Å². The van der Waals surface area contributed by atoms with Crippen LogP contribution in [0, 0.1) is 5.92 Å². The van der Waals surface area contributed by atoms with Crippen molar-refractivity contribution in [1.82, 2.24) is 14.9 Å². The highest BCUT2D eigenvalue weighted by molar-refractivity contribution is 7.89. The summed E-state index contributed by atoms with van der Waals surface area (Å²) in [6.45, 7) is 4.53. The lowest BCUT2D eigenvalue weighted by Crippen LogP contribution is -2.49. The monoisotopic (exact) mass is 303 g/mol. The van der Waals surface area contributed by atoms with Crippen molar-refractivity contribution >= 4 is 15.9 Å². The molecule has 0 saturated carbocycles. The molecule has 2 aliphatic heterocycles. The van der Waals surface area contributed by atoms with E-state index in [0.717, 1.165) is 38.8 Å². The van der Waals surface area contributed by atoms with Gasteiger partial charge in [0, 0.05) is 25.0 Å². The number of rotatable bonds is 4. The largest absolute Gasteiger partial charge is 0.353 e. The summed E-state index contributed by atoms with van der Waals surface area (Å²) in [5.74, 6) is 0.413. The molecule has 0 unspecified atom stereocenters. The van der Waals surface area contributed by atoms with Gasteiger partial charge in [0.1, 0.15) is 0 Å². The molecule has 116 valence electrons. The fourth-order valence-electron chi connectivity index (χ4n) is 2.86. The van der Waals surface area contributed by atoms with E-state index in [4.69, 9.17) is 0 Å². The minimum atomic E-state index is -3.08. The maximum absolute atomic E-state index is 12.1. The molecule has 0 radical (unpaired) electrons. The second-order valence-corrected chi connectivity index (χ2v) is 7.86. The van der Waals surface area contributed by atoms with Crippen molar-refractivity contribution in [2.45, 2.75) is 38.6 Å². The summed E-state index contributed by atoms with van der Waals surface area (Å²) in [5.41, 5.74) is 0. The van der Waals surface area contributed by atoms with Crippen molar-refractivity contribution in [1.29, 1.82) is 0 Å². The molecule has 1 amide bonds. The van der Waals surface area contributed by atoms with Gasteiger partial charge in [-0.2, -0.15) is 0 Å². The molecule has 0 aromatic rings. The fourth-order valence-corrected chi connectivity index (χ4v) is 4.00. The third-order valence-electron chi connectivity index (χ3n) is 4.27. The highest BCUT2D eigenvalue weighted by Gasteiger charge is 2.29. The number of nitrogens with zero attached hydrogens (tertiary/aromatic N) is 1. The zero-order valence-electron chi connectivity index (χ0n) is 12.1. The Morgan fingerprint density at radius 1 is 1.20 bits per heavy atom. The number of carbonyl (C=O) groups is 1. The van der Waals surface area contributed by atoms with Gasteiger partial charge in [-0.15, -0.1) is 0 Å². The molecule has 0 aromatic heterocycles. The van der Waals surface area contributed by atoms with Gasteiger partial charge in [0.2, 0.25) is 15.9 Å². The zero-order chi connectivity index (χ0) is 14.6. The number of hydrogen-bond acceptors (Lipinski definition) is 4. The van der Waals surface area contributed by atoms with Crippen molar-refractivity contribution in [3.63, 3.8) is 0 Å². The fraction of sp³-hybridized carbons (Fsp3) is 0.923. The van der Waals surface area contributed by atoms with E-state index in [-0.39, 0.29) is 23.6 Å². The van der Waals surface area contributed by atoms with Crippen molar-refractivity contribution in [3.8, 4) is 0 Å². The van der Waals surface area contributed by atoms with Crippen LogP contribution < -0.4 is 10.6 Å². The average molecular weight is 303 g/mol. The van der Waals surface area contributed by atoms with Crippen LogP contribution in [-0.2, 0) is 14.8 Å². The van der Waals surface area contributed by atoms with Crippen molar-refractivity contribution in [2.24, 2.45) is 5.92 Å². The quantitative estimate of drug-likeness (QED) is 0.761. The lowest BCUT2D eigenvalue weighted by molar-refractivity contribution is -0.126. The van der Waals surface area contributed by atoms with Gasteiger partial charge >= 0.3 is 0 Å². The first-order valence-electron chi connectivity index (χ1n) is 7.52.